The summed E-state index contributed by atoms with van der Waals surface area (Å²) >= 11 is 0. The average molecular weight is 338 g/mol. The third kappa shape index (κ3) is 4.85. The summed E-state index contributed by atoms with van der Waals surface area (Å²) in [5.41, 5.74) is 2.05. The molecule has 2 aromatic rings. The molecule has 1 aliphatic carbocycles. The molecule has 0 amide bonds. The molecular weight excluding hydrogens is 312 g/mol. The van der Waals surface area contributed by atoms with Crippen LogP contribution in [-0.4, -0.2) is 16.0 Å². The predicted molar refractivity (Wildman–Crippen MR) is 98.7 cm³/mol. The predicted octanol–water partition coefficient (Wildman–Crippen LogP) is 4.65. The zero-order valence-corrected chi connectivity index (χ0v) is 14.5. The van der Waals surface area contributed by atoms with Crippen molar-refractivity contribution in [2.75, 3.05) is 0 Å². The van der Waals surface area contributed by atoms with Crippen LogP contribution in [0.5, 0.6) is 11.5 Å². The Kier molecular flexibility index (Phi) is 5.75. The minimum absolute atomic E-state index is 0.0180. The molecule has 0 saturated heterocycles. The molecule has 0 heterocycles. The van der Waals surface area contributed by atoms with Gasteiger partial charge in [-0.3, -0.25) is 4.79 Å². The van der Waals surface area contributed by atoms with Crippen LogP contribution in [0.3, 0.4) is 0 Å². The number of phenols is 2. The lowest BCUT2D eigenvalue weighted by Crippen LogP contribution is -2.28. The van der Waals surface area contributed by atoms with Gasteiger partial charge in [0, 0.05) is 11.8 Å². The van der Waals surface area contributed by atoms with Crippen LogP contribution in [0, 0.1) is 11.8 Å². The van der Waals surface area contributed by atoms with Gasteiger partial charge in [0.1, 0.15) is 17.3 Å². The van der Waals surface area contributed by atoms with Crippen molar-refractivity contribution in [1.82, 2.24) is 0 Å². The third-order valence-corrected chi connectivity index (χ3v) is 5.20. The minimum atomic E-state index is 0.0180. The number of benzene rings is 2. The van der Waals surface area contributed by atoms with Gasteiger partial charge in [-0.05, 0) is 61.1 Å². The first-order valence-corrected chi connectivity index (χ1v) is 9.21. The zero-order valence-electron chi connectivity index (χ0n) is 14.5. The molecule has 0 radical (unpaired) electrons. The maximum Gasteiger partial charge on any atom is 0.139 e. The molecule has 1 aliphatic rings. The van der Waals surface area contributed by atoms with E-state index in [0.29, 0.717) is 18.6 Å². The van der Waals surface area contributed by atoms with Crippen LogP contribution >= 0.6 is 0 Å². The van der Waals surface area contributed by atoms with Crippen LogP contribution in [0.1, 0.15) is 43.2 Å². The second-order valence-electron chi connectivity index (χ2n) is 7.18. The summed E-state index contributed by atoms with van der Waals surface area (Å²) in [7, 11) is 0. The van der Waals surface area contributed by atoms with Crippen LogP contribution in [0.2, 0.25) is 0 Å². The quantitative estimate of drug-likeness (QED) is 0.853. The van der Waals surface area contributed by atoms with E-state index in [4.69, 9.17) is 0 Å². The molecule has 0 aliphatic heterocycles. The van der Waals surface area contributed by atoms with E-state index >= 15 is 0 Å². The van der Waals surface area contributed by atoms with Crippen molar-refractivity contribution < 1.29 is 15.0 Å². The van der Waals surface area contributed by atoms with Crippen LogP contribution in [0.25, 0.3) is 0 Å². The van der Waals surface area contributed by atoms with Crippen molar-refractivity contribution in [3.05, 3.63) is 59.7 Å². The van der Waals surface area contributed by atoms with Crippen LogP contribution in [0.15, 0.2) is 48.5 Å². The SMILES string of the molecule is O=C1C(Cc2cccc(O)c2)CCCCCC1Cc1cccc(O)c1. The number of hydrogen-bond donors (Lipinski definition) is 2. The number of aromatic hydroxyl groups is 2. The summed E-state index contributed by atoms with van der Waals surface area (Å²) in [4.78, 5) is 13.2. The van der Waals surface area contributed by atoms with Crippen LogP contribution in [0.4, 0.5) is 0 Å². The summed E-state index contributed by atoms with van der Waals surface area (Å²) in [6.45, 7) is 0. The van der Waals surface area contributed by atoms with Gasteiger partial charge in [0.25, 0.3) is 0 Å². The first-order chi connectivity index (χ1) is 12.1. The standard InChI is InChI=1S/C22H26O3/c23-20-10-4-6-16(14-20)12-18-8-2-1-3-9-19(22(18)25)13-17-7-5-11-21(24)15-17/h4-7,10-11,14-15,18-19,23-24H,1-3,8-9,12-13H2. The number of rotatable bonds is 4. The van der Waals surface area contributed by atoms with Crippen LogP contribution < -0.4 is 0 Å². The Labute approximate surface area is 149 Å². The van der Waals surface area contributed by atoms with Gasteiger partial charge >= 0.3 is 0 Å². The number of ketones is 1. The van der Waals surface area contributed by atoms with E-state index < -0.39 is 0 Å². The maximum absolute atomic E-state index is 13.2. The Morgan fingerprint density at radius 2 is 1.24 bits per heavy atom. The van der Waals surface area contributed by atoms with Crippen molar-refractivity contribution in [2.24, 2.45) is 11.8 Å². The fourth-order valence-corrected chi connectivity index (χ4v) is 3.92. The van der Waals surface area contributed by atoms with Crippen molar-refractivity contribution in [1.29, 1.82) is 0 Å². The van der Waals surface area contributed by atoms with Crippen molar-refractivity contribution in [3.8, 4) is 11.5 Å². The molecule has 3 heteroatoms. The second-order valence-corrected chi connectivity index (χ2v) is 7.18. The summed E-state index contributed by atoms with van der Waals surface area (Å²) in [5, 5.41) is 19.3. The van der Waals surface area contributed by atoms with E-state index in [1.165, 1.54) is 6.42 Å². The van der Waals surface area contributed by atoms with E-state index in [1.807, 2.05) is 24.3 Å². The Morgan fingerprint density at radius 1 is 0.760 bits per heavy atom. The molecule has 2 aromatic carbocycles. The van der Waals surface area contributed by atoms with E-state index in [9.17, 15) is 15.0 Å². The number of Topliss-reactive ketones (excluding diaryl/α,β-unsaturated/α-hetero) is 1. The van der Waals surface area contributed by atoms with Gasteiger partial charge in [0.05, 0.1) is 0 Å². The van der Waals surface area contributed by atoms with E-state index in [1.54, 1.807) is 24.3 Å². The Bertz CT molecular complexity index is 663. The van der Waals surface area contributed by atoms with Gasteiger partial charge in [-0.2, -0.15) is 0 Å². The molecule has 1 saturated carbocycles. The molecule has 0 bridgehead atoms. The number of hydrogen-bond acceptors (Lipinski definition) is 3. The molecular formula is C22H26O3. The van der Waals surface area contributed by atoms with Gasteiger partial charge < -0.3 is 10.2 Å². The van der Waals surface area contributed by atoms with E-state index in [0.717, 1.165) is 36.8 Å². The first-order valence-electron chi connectivity index (χ1n) is 9.21. The topological polar surface area (TPSA) is 57.5 Å². The molecule has 2 atom stereocenters. The second kappa shape index (κ2) is 8.19. The van der Waals surface area contributed by atoms with E-state index in [2.05, 4.69) is 0 Å². The molecule has 0 aromatic heterocycles. The molecule has 1 fully saturated rings. The Balaban J connectivity index is 1.74. The smallest absolute Gasteiger partial charge is 0.139 e. The largest absolute Gasteiger partial charge is 0.508 e. The zero-order chi connectivity index (χ0) is 17.6. The Hall–Kier alpha value is -2.29. The molecule has 0 spiro atoms. The van der Waals surface area contributed by atoms with E-state index in [-0.39, 0.29) is 23.3 Å². The summed E-state index contributed by atoms with van der Waals surface area (Å²) in [5.74, 6) is 0.888. The third-order valence-electron chi connectivity index (χ3n) is 5.20. The highest BCUT2D eigenvalue weighted by atomic mass is 16.3. The summed E-state index contributed by atoms with van der Waals surface area (Å²) in [6.07, 6.45) is 6.59. The van der Waals surface area contributed by atoms with Gasteiger partial charge in [-0.15, -0.1) is 0 Å². The van der Waals surface area contributed by atoms with Gasteiger partial charge in [0.15, 0.2) is 0 Å². The highest BCUT2D eigenvalue weighted by Gasteiger charge is 2.28. The van der Waals surface area contributed by atoms with Crippen molar-refractivity contribution in [3.63, 3.8) is 0 Å². The molecule has 3 rings (SSSR count). The van der Waals surface area contributed by atoms with Crippen LogP contribution in [-0.2, 0) is 17.6 Å². The minimum Gasteiger partial charge on any atom is -0.508 e. The molecule has 2 N–H and O–H groups in total. The normalized spacial score (nSPS) is 21.5. The van der Waals surface area contributed by atoms with Gasteiger partial charge in [0.2, 0.25) is 0 Å². The average Bonchev–Trinajstić information content (AvgIpc) is 2.58. The summed E-state index contributed by atoms with van der Waals surface area (Å²) in [6, 6.07) is 14.5. The first kappa shape index (κ1) is 17.5. The number of carbonyl (C=O) groups is 1. The van der Waals surface area contributed by atoms with Crippen molar-refractivity contribution >= 4 is 5.78 Å². The lowest BCUT2D eigenvalue weighted by molar-refractivity contribution is -0.127. The van der Waals surface area contributed by atoms with Gasteiger partial charge in [-0.1, -0.05) is 43.5 Å². The fraction of sp³-hybridized carbons (Fsp3) is 0.409. The van der Waals surface area contributed by atoms with Gasteiger partial charge in [-0.25, -0.2) is 0 Å². The molecule has 2 unspecified atom stereocenters. The number of carbonyl (C=O) groups excluding carboxylic acids is 1. The number of phenolic OH excluding ortho intramolecular Hbond substituents is 2. The fourth-order valence-electron chi connectivity index (χ4n) is 3.92. The summed E-state index contributed by atoms with van der Waals surface area (Å²) < 4.78 is 0. The maximum atomic E-state index is 13.2. The lowest BCUT2D eigenvalue weighted by atomic mass is 9.78. The Morgan fingerprint density at radius 3 is 1.68 bits per heavy atom. The van der Waals surface area contributed by atoms with Crippen molar-refractivity contribution in [2.45, 2.75) is 44.9 Å². The highest BCUT2D eigenvalue weighted by Crippen LogP contribution is 2.29. The molecule has 132 valence electrons. The lowest BCUT2D eigenvalue weighted by Gasteiger charge is -2.25. The highest BCUT2D eigenvalue weighted by molar-refractivity contribution is 5.84. The molecule has 3 nitrogen and oxygen atoms in total. The monoisotopic (exact) mass is 338 g/mol. The molecule has 25 heavy (non-hydrogen) atoms.